The first-order valence-corrected chi connectivity index (χ1v) is 8.39. The van der Waals surface area contributed by atoms with Gasteiger partial charge < -0.3 is 14.8 Å². The van der Waals surface area contributed by atoms with Gasteiger partial charge in [0.25, 0.3) is 0 Å². The third-order valence-corrected chi connectivity index (χ3v) is 4.70. The van der Waals surface area contributed by atoms with Crippen LogP contribution in [-0.4, -0.2) is 35.1 Å². The summed E-state index contributed by atoms with van der Waals surface area (Å²) in [5.74, 6) is 0.710. The number of aromatic nitrogens is 1. The molecule has 0 atom stereocenters. The lowest BCUT2D eigenvalue weighted by Crippen LogP contribution is -2.29. The topological polar surface area (TPSA) is 20.2 Å². The maximum atomic E-state index is 3.58. The number of likely N-dealkylation sites (tertiary alicyclic amines) is 1. The molecule has 1 aromatic heterocycles. The van der Waals surface area contributed by atoms with Crippen molar-refractivity contribution in [2.75, 3.05) is 25.5 Å². The number of piperidine rings is 1. The zero-order valence-electron chi connectivity index (χ0n) is 14.6. The van der Waals surface area contributed by atoms with Crippen molar-refractivity contribution in [3.8, 4) is 0 Å². The number of anilines is 1. The van der Waals surface area contributed by atoms with Crippen LogP contribution in [0.3, 0.4) is 0 Å². The Hall–Kier alpha value is -1.48. The standard InChI is InChI=1S/C19H29N3/c1-19(2,3)20-15-6-7-16-17(13-22(5)18(16)12-15)14-8-10-21(4)11-9-14/h6-7,12-14,20H,8-11H2,1-5H3. The SMILES string of the molecule is CN1CCC(c2cn(C)c3cc(NC(C)(C)C)ccc23)CC1. The second kappa shape index (κ2) is 5.62. The minimum Gasteiger partial charge on any atom is -0.380 e. The Balaban J connectivity index is 1.93. The van der Waals surface area contributed by atoms with Crippen molar-refractivity contribution in [2.24, 2.45) is 7.05 Å². The Morgan fingerprint density at radius 3 is 2.41 bits per heavy atom. The molecule has 0 unspecified atom stereocenters. The smallest absolute Gasteiger partial charge is 0.0501 e. The summed E-state index contributed by atoms with van der Waals surface area (Å²) >= 11 is 0. The second-order valence-corrected chi connectivity index (χ2v) is 7.88. The summed E-state index contributed by atoms with van der Waals surface area (Å²) < 4.78 is 2.29. The molecule has 0 saturated carbocycles. The number of fused-ring (bicyclic) bond motifs is 1. The van der Waals surface area contributed by atoms with Gasteiger partial charge in [-0.2, -0.15) is 0 Å². The number of aryl methyl sites for hydroxylation is 1. The predicted octanol–water partition coefficient (Wildman–Crippen LogP) is 4.20. The van der Waals surface area contributed by atoms with Gasteiger partial charge in [0.15, 0.2) is 0 Å². The third kappa shape index (κ3) is 3.14. The summed E-state index contributed by atoms with van der Waals surface area (Å²) in [5.41, 5.74) is 4.17. The molecule has 1 aliphatic rings. The maximum Gasteiger partial charge on any atom is 0.0501 e. The molecular formula is C19H29N3. The van der Waals surface area contributed by atoms with Gasteiger partial charge in [-0.1, -0.05) is 6.07 Å². The largest absolute Gasteiger partial charge is 0.380 e. The van der Waals surface area contributed by atoms with E-state index in [1.807, 2.05) is 0 Å². The molecule has 3 rings (SSSR count). The molecule has 1 N–H and O–H groups in total. The summed E-state index contributed by atoms with van der Waals surface area (Å²) in [6.45, 7) is 9.03. The Labute approximate surface area is 134 Å². The second-order valence-electron chi connectivity index (χ2n) is 7.88. The molecule has 1 saturated heterocycles. The van der Waals surface area contributed by atoms with Gasteiger partial charge >= 0.3 is 0 Å². The van der Waals surface area contributed by atoms with Gasteiger partial charge in [0.05, 0.1) is 5.52 Å². The zero-order valence-corrected chi connectivity index (χ0v) is 14.6. The number of nitrogens with zero attached hydrogens (tertiary/aromatic N) is 2. The van der Waals surface area contributed by atoms with Crippen LogP contribution in [0.25, 0.3) is 10.9 Å². The summed E-state index contributed by atoms with van der Waals surface area (Å²) in [4.78, 5) is 2.44. The summed E-state index contributed by atoms with van der Waals surface area (Å²) in [5, 5.41) is 5.00. The van der Waals surface area contributed by atoms with Crippen LogP contribution in [0.1, 0.15) is 45.1 Å². The highest BCUT2D eigenvalue weighted by Gasteiger charge is 2.22. The van der Waals surface area contributed by atoms with Crippen LogP contribution < -0.4 is 5.32 Å². The number of nitrogens with one attached hydrogen (secondary N) is 1. The van der Waals surface area contributed by atoms with E-state index in [0.717, 1.165) is 0 Å². The quantitative estimate of drug-likeness (QED) is 0.897. The number of benzene rings is 1. The summed E-state index contributed by atoms with van der Waals surface area (Å²) in [6, 6.07) is 6.82. The fourth-order valence-electron chi connectivity index (χ4n) is 3.57. The van der Waals surface area contributed by atoms with Gasteiger partial charge in [-0.15, -0.1) is 0 Å². The fourth-order valence-corrected chi connectivity index (χ4v) is 3.57. The number of hydrogen-bond acceptors (Lipinski definition) is 2. The van der Waals surface area contributed by atoms with Gasteiger partial charge in [0, 0.05) is 29.9 Å². The molecule has 2 heterocycles. The van der Waals surface area contributed by atoms with Crippen molar-refractivity contribution in [3.63, 3.8) is 0 Å². The molecule has 0 amide bonds. The van der Waals surface area contributed by atoms with E-state index in [1.165, 1.54) is 48.1 Å². The van der Waals surface area contributed by atoms with Crippen LogP contribution in [0, 0.1) is 0 Å². The highest BCUT2D eigenvalue weighted by molar-refractivity contribution is 5.87. The van der Waals surface area contributed by atoms with Gasteiger partial charge in [0.2, 0.25) is 0 Å². The first kappa shape index (κ1) is 15.4. The summed E-state index contributed by atoms with van der Waals surface area (Å²) in [6.07, 6.45) is 4.90. The van der Waals surface area contributed by atoms with Crippen molar-refractivity contribution >= 4 is 16.6 Å². The van der Waals surface area contributed by atoms with E-state index in [1.54, 1.807) is 0 Å². The minimum atomic E-state index is 0.0929. The summed E-state index contributed by atoms with van der Waals surface area (Å²) in [7, 11) is 4.39. The van der Waals surface area contributed by atoms with Gasteiger partial charge in [-0.3, -0.25) is 0 Å². The van der Waals surface area contributed by atoms with E-state index in [-0.39, 0.29) is 5.54 Å². The lowest BCUT2D eigenvalue weighted by Gasteiger charge is -2.28. The molecule has 120 valence electrons. The van der Waals surface area contributed by atoms with E-state index < -0.39 is 0 Å². The normalized spacial score (nSPS) is 18.0. The van der Waals surface area contributed by atoms with Crippen molar-refractivity contribution in [3.05, 3.63) is 30.0 Å². The Morgan fingerprint density at radius 2 is 1.77 bits per heavy atom. The van der Waals surface area contributed by atoms with Gasteiger partial charge in [0.1, 0.15) is 0 Å². The molecule has 3 heteroatoms. The van der Waals surface area contributed by atoms with Gasteiger partial charge in [-0.25, -0.2) is 0 Å². The molecule has 0 bridgehead atoms. The Morgan fingerprint density at radius 1 is 1.09 bits per heavy atom. The molecular weight excluding hydrogens is 270 g/mol. The first-order chi connectivity index (χ1) is 10.3. The molecule has 1 aromatic carbocycles. The third-order valence-electron chi connectivity index (χ3n) is 4.70. The molecule has 22 heavy (non-hydrogen) atoms. The number of hydrogen-bond donors (Lipinski definition) is 1. The van der Waals surface area contributed by atoms with Crippen LogP contribution in [0.2, 0.25) is 0 Å². The average Bonchev–Trinajstić information content (AvgIpc) is 2.75. The van der Waals surface area contributed by atoms with E-state index in [9.17, 15) is 0 Å². The van der Waals surface area contributed by atoms with E-state index in [0.29, 0.717) is 5.92 Å². The van der Waals surface area contributed by atoms with E-state index >= 15 is 0 Å². The highest BCUT2D eigenvalue weighted by Crippen LogP contribution is 2.35. The van der Waals surface area contributed by atoms with Crippen LogP contribution in [0.4, 0.5) is 5.69 Å². The van der Waals surface area contributed by atoms with Crippen LogP contribution in [-0.2, 0) is 7.05 Å². The number of rotatable bonds is 2. The van der Waals surface area contributed by atoms with E-state index in [4.69, 9.17) is 0 Å². The van der Waals surface area contributed by atoms with Crippen molar-refractivity contribution in [1.82, 2.24) is 9.47 Å². The first-order valence-electron chi connectivity index (χ1n) is 8.39. The van der Waals surface area contributed by atoms with Crippen molar-refractivity contribution in [2.45, 2.75) is 45.1 Å². The molecule has 0 radical (unpaired) electrons. The Kier molecular flexibility index (Phi) is 3.94. The lowest BCUT2D eigenvalue weighted by molar-refractivity contribution is 0.256. The van der Waals surface area contributed by atoms with Crippen LogP contribution >= 0.6 is 0 Å². The highest BCUT2D eigenvalue weighted by atomic mass is 15.1. The average molecular weight is 299 g/mol. The molecule has 0 aliphatic carbocycles. The van der Waals surface area contributed by atoms with E-state index in [2.05, 4.69) is 74.0 Å². The molecule has 1 fully saturated rings. The zero-order chi connectivity index (χ0) is 15.9. The van der Waals surface area contributed by atoms with Crippen LogP contribution in [0.5, 0.6) is 0 Å². The predicted molar refractivity (Wildman–Crippen MR) is 95.8 cm³/mol. The maximum absolute atomic E-state index is 3.58. The lowest BCUT2D eigenvalue weighted by atomic mass is 9.89. The Bertz CT molecular complexity index is 655. The van der Waals surface area contributed by atoms with Crippen molar-refractivity contribution in [1.29, 1.82) is 0 Å². The molecule has 0 spiro atoms. The molecule has 1 aliphatic heterocycles. The molecule has 2 aromatic rings. The monoisotopic (exact) mass is 299 g/mol. The minimum absolute atomic E-state index is 0.0929. The van der Waals surface area contributed by atoms with Crippen molar-refractivity contribution < 1.29 is 0 Å². The molecule has 3 nitrogen and oxygen atoms in total. The van der Waals surface area contributed by atoms with Gasteiger partial charge in [-0.05, 0) is 77.4 Å². The fraction of sp³-hybridized carbons (Fsp3) is 0.579. The van der Waals surface area contributed by atoms with Crippen LogP contribution in [0.15, 0.2) is 24.4 Å².